The van der Waals surface area contributed by atoms with Gasteiger partial charge in [-0.2, -0.15) is 22.0 Å². The fourth-order valence-electron chi connectivity index (χ4n) is 3.99. The zero-order valence-electron chi connectivity index (χ0n) is 16.6. The summed E-state index contributed by atoms with van der Waals surface area (Å²) in [7, 11) is -1.18. The Labute approximate surface area is 190 Å². The minimum Gasteiger partial charge on any atom is -0.423 e. The van der Waals surface area contributed by atoms with Gasteiger partial charge < -0.3 is 14.5 Å². The summed E-state index contributed by atoms with van der Waals surface area (Å²) < 4.78 is 75.6. The highest BCUT2D eigenvalue weighted by molar-refractivity contribution is 6.62. The Kier molecular flexibility index (Phi) is 5.32. The summed E-state index contributed by atoms with van der Waals surface area (Å²) in [5, 5.41) is 13.4. The molecule has 0 aromatic heterocycles. The molecule has 4 nitrogen and oxygen atoms in total. The first kappa shape index (κ1) is 23.3. The van der Waals surface area contributed by atoms with Crippen molar-refractivity contribution in [2.75, 3.05) is 0 Å². The molecular weight excluding hydrogens is 479 g/mol. The molecule has 0 saturated carbocycles. The zero-order valence-corrected chi connectivity index (χ0v) is 18.1. The smallest absolute Gasteiger partial charge is 0.423 e. The van der Waals surface area contributed by atoms with Gasteiger partial charge in [0.2, 0.25) is 5.60 Å². The second-order valence-corrected chi connectivity index (χ2v) is 9.02. The van der Waals surface area contributed by atoms with E-state index < -0.39 is 42.4 Å². The van der Waals surface area contributed by atoms with Crippen LogP contribution in [0.1, 0.15) is 37.0 Å². The van der Waals surface area contributed by atoms with Crippen molar-refractivity contribution in [3.8, 4) is 0 Å². The Morgan fingerprint density at radius 1 is 1.03 bits per heavy atom. The maximum Gasteiger partial charge on any atom is 0.492 e. The third-order valence-corrected chi connectivity index (χ3v) is 6.06. The average Bonchev–Trinajstić information content (AvgIpc) is 3.21. The highest BCUT2D eigenvalue weighted by Crippen LogP contribution is 2.55. The molecule has 0 aliphatic carbocycles. The Hall–Kier alpha value is -1.88. The molecule has 170 valence electrons. The van der Waals surface area contributed by atoms with Crippen LogP contribution in [-0.4, -0.2) is 30.0 Å². The van der Waals surface area contributed by atoms with Crippen LogP contribution in [0.3, 0.4) is 0 Å². The number of hydrogen-bond donors (Lipinski definition) is 1. The molecule has 2 aliphatic heterocycles. The maximum atomic E-state index is 14.9. The number of benzene rings is 2. The SMILES string of the molecule is CC1(C)OB(O)c2ccc(C3=NOC(c4cc(Cl)cc(Cl)c4)(C(F)(F)C(F)(F)F)C3)cc21. The lowest BCUT2D eigenvalue weighted by atomic mass is 9.76. The molecule has 1 unspecified atom stereocenters. The highest BCUT2D eigenvalue weighted by atomic mass is 35.5. The number of hydrogen-bond acceptors (Lipinski definition) is 4. The third kappa shape index (κ3) is 3.48. The van der Waals surface area contributed by atoms with Crippen molar-refractivity contribution < 1.29 is 36.5 Å². The minimum absolute atomic E-state index is 0.132. The number of oxime groups is 1. The molecule has 32 heavy (non-hydrogen) atoms. The average molecular weight is 494 g/mol. The van der Waals surface area contributed by atoms with Gasteiger partial charge in [-0.05, 0) is 54.7 Å². The second kappa shape index (κ2) is 7.31. The predicted molar refractivity (Wildman–Crippen MR) is 110 cm³/mol. The van der Waals surface area contributed by atoms with E-state index >= 15 is 0 Å². The van der Waals surface area contributed by atoms with E-state index in [1.807, 2.05) is 0 Å². The molecule has 1 N–H and O–H groups in total. The molecule has 4 rings (SSSR count). The number of rotatable bonds is 3. The predicted octanol–water partition coefficient (Wildman–Crippen LogP) is 5.16. The first-order valence-electron chi connectivity index (χ1n) is 9.35. The van der Waals surface area contributed by atoms with Gasteiger partial charge in [0.1, 0.15) is 0 Å². The van der Waals surface area contributed by atoms with Gasteiger partial charge in [0.15, 0.2) is 0 Å². The summed E-state index contributed by atoms with van der Waals surface area (Å²) in [6, 6.07) is 7.58. The highest BCUT2D eigenvalue weighted by Gasteiger charge is 2.74. The molecule has 0 radical (unpaired) electrons. The molecule has 0 fully saturated rings. The van der Waals surface area contributed by atoms with Crippen molar-refractivity contribution in [2.45, 2.75) is 43.6 Å². The fraction of sp³-hybridized carbons (Fsp3) is 0.350. The Morgan fingerprint density at radius 2 is 1.66 bits per heavy atom. The Bertz CT molecular complexity index is 1100. The standard InChI is InChI=1S/C20H15BCl2F5NO3/c1-17(2)14-5-10(3-4-15(14)21(30)31-17)16-9-18(32-29-16,19(24,25)20(26,27)28)11-6-12(22)8-13(23)7-11/h3-8,30H,9H2,1-2H3. The van der Waals surface area contributed by atoms with Crippen molar-refractivity contribution in [3.63, 3.8) is 0 Å². The quantitative estimate of drug-likeness (QED) is 0.474. The zero-order chi connectivity index (χ0) is 23.7. The topological polar surface area (TPSA) is 51.0 Å². The first-order valence-corrected chi connectivity index (χ1v) is 10.1. The van der Waals surface area contributed by atoms with E-state index in [2.05, 4.69) is 5.16 Å². The molecule has 0 bridgehead atoms. The lowest BCUT2D eigenvalue weighted by Crippen LogP contribution is -2.55. The van der Waals surface area contributed by atoms with Crippen LogP contribution in [0.25, 0.3) is 0 Å². The summed E-state index contributed by atoms with van der Waals surface area (Å²) in [6.45, 7) is 3.38. The van der Waals surface area contributed by atoms with Crippen LogP contribution in [-0.2, 0) is 20.7 Å². The van der Waals surface area contributed by atoms with Gasteiger partial charge in [0.25, 0.3) is 0 Å². The van der Waals surface area contributed by atoms with E-state index in [0.29, 0.717) is 11.0 Å². The van der Waals surface area contributed by atoms with E-state index in [9.17, 15) is 27.0 Å². The van der Waals surface area contributed by atoms with E-state index in [1.54, 1.807) is 13.8 Å². The van der Waals surface area contributed by atoms with Gasteiger partial charge in [-0.1, -0.05) is 40.5 Å². The molecule has 0 saturated heterocycles. The van der Waals surface area contributed by atoms with Gasteiger partial charge in [-0.15, -0.1) is 0 Å². The van der Waals surface area contributed by atoms with E-state index in [1.165, 1.54) is 24.3 Å². The van der Waals surface area contributed by atoms with E-state index in [4.69, 9.17) is 32.7 Å². The molecule has 2 aromatic rings. The lowest BCUT2D eigenvalue weighted by molar-refractivity contribution is -0.350. The van der Waals surface area contributed by atoms with Crippen LogP contribution in [0.15, 0.2) is 41.6 Å². The number of fused-ring (bicyclic) bond motifs is 1. The second-order valence-electron chi connectivity index (χ2n) is 8.15. The van der Waals surface area contributed by atoms with Crippen LogP contribution in [0.4, 0.5) is 22.0 Å². The molecule has 1 atom stereocenters. The molecule has 2 aromatic carbocycles. The van der Waals surface area contributed by atoms with Gasteiger partial charge in [-0.3, -0.25) is 0 Å². The lowest BCUT2D eigenvalue weighted by Gasteiger charge is -2.36. The Morgan fingerprint density at radius 3 is 2.25 bits per heavy atom. The maximum absolute atomic E-state index is 14.9. The Balaban J connectivity index is 1.81. The van der Waals surface area contributed by atoms with Crippen molar-refractivity contribution in [3.05, 3.63) is 63.1 Å². The molecule has 0 spiro atoms. The van der Waals surface area contributed by atoms with Gasteiger partial charge in [-0.25, -0.2) is 0 Å². The van der Waals surface area contributed by atoms with Gasteiger partial charge in [0, 0.05) is 22.0 Å². The van der Waals surface area contributed by atoms with Crippen molar-refractivity contribution in [1.82, 2.24) is 0 Å². The van der Waals surface area contributed by atoms with E-state index in [0.717, 1.165) is 12.1 Å². The normalized spacial score (nSPS) is 22.6. The summed E-state index contributed by atoms with van der Waals surface area (Å²) in [6.07, 6.45) is -6.84. The monoisotopic (exact) mass is 493 g/mol. The van der Waals surface area contributed by atoms with Crippen molar-refractivity contribution in [1.29, 1.82) is 0 Å². The van der Waals surface area contributed by atoms with Crippen LogP contribution in [0, 0.1) is 0 Å². The summed E-state index contributed by atoms with van der Waals surface area (Å²) in [5.41, 5.74) is -3.54. The fourth-order valence-corrected chi connectivity index (χ4v) is 4.51. The minimum atomic E-state index is -5.94. The molecular formula is C20H15BCl2F5NO3. The molecule has 0 amide bonds. The summed E-state index contributed by atoms with van der Waals surface area (Å²) >= 11 is 11.8. The molecule has 2 aliphatic rings. The number of nitrogens with zero attached hydrogens (tertiary/aromatic N) is 1. The van der Waals surface area contributed by atoms with Crippen molar-refractivity contribution in [2.24, 2.45) is 5.16 Å². The van der Waals surface area contributed by atoms with Gasteiger partial charge >= 0.3 is 19.2 Å². The number of alkyl halides is 5. The van der Waals surface area contributed by atoms with Crippen molar-refractivity contribution >= 4 is 41.5 Å². The summed E-state index contributed by atoms with van der Waals surface area (Å²) in [4.78, 5) is 4.91. The van der Waals surface area contributed by atoms with Crippen LogP contribution < -0.4 is 5.46 Å². The molecule has 12 heteroatoms. The van der Waals surface area contributed by atoms with Gasteiger partial charge in [0.05, 0.1) is 11.3 Å². The largest absolute Gasteiger partial charge is 0.492 e. The first-order chi connectivity index (χ1) is 14.7. The van der Waals surface area contributed by atoms with Crippen LogP contribution in [0.2, 0.25) is 10.0 Å². The van der Waals surface area contributed by atoms with Crippen LogP contribution in [0.5, 0.6) is 0 Å². The number of halogens is 7. The molecule has 2 heterocycles. The third-order valence-electron chi connectivity index (χ3n) is 5.63. The summed E-state index contributed by atoms with van der Waals surface area (Å²) in [5.74, 6) is -5.32. The van der Waals surface area contributed by atoms with E-state index in [-0.39, 0.29) is 21.3 Å². The van der Waals surface area contributed by atoms with Crippen LogP contribution >= 0.6 is 23.2 Å².